The van der Waals surface area contributed by atoms with E-state index in [1.54, 1.807) is 29.2 Å². The number of nitrogens with zero attached hydrogens (tertiary/aromatic N) is 5. The fourth-order valence-corrected chi connectivity index (χ4v) is 4.61. The van der Waals surface area contributed by atoms with Crippen molar-refractivity contribution in [3.8, 4) is 22.9 Å². The summed E-state index contributed by atoms with van der Waals surface area (Å²) in [6.45, 7) is 2.79. The van der Waals surface area contributed by atoms with Gasteiger partial charge in [0.15, 0.2) is 11.5 Å². The van der Waals surface area contributed by atoms with Crippen LogP contribution in [0.3, 0.4) is 0 Å². The molecule has 1 atom stereocenters. The van der Waals surface area contributed by atoms with Gasteiger partial charge in [-0.1, -0.05) is 0 Å². The Bertz CT molecular complexity index is 1450. The summed E-state index contributed by atoms with van der Waals surface area (Å²) in [7, 11) is 4.59. The maximum atomic E-state index is 13.4. The third-order valence-electron chi connectivity index (χ3n) is 6.60. The van der Waals surface area contributed by atoms with Crippen molar-refractivity contribution >= 4 is 28.5 Å². The van der Waals surface area contributed by atoms with E-state index in [2.05, 4.69) is 22.2 Å². The molecule has 200 valence electrons. The Hall–Kier alpha value is -4.22. The second kappa shape index (κ2) is 9.92. The van der Waals surface area contributed by atoms with Gasteiger partial charge in [-0.25, -0.2) is 9.97 Å². The maximum Gasteiger partial charge on any atom is 0.416 e. The second-order valence-corrected chi connectivity index (χ2v) is 8.96. The number of ether oxygens (including phenoxy) is 3. The molecule has 2 aromatic carbocycles. The fraction of sp³-hybridized carbons (Fsp3) is 0.346. The van der Waals surface area contributed by atoms with Crippen molar-refractivity contribution in [1.82, 2.24) is 19.5 Å². The smallest absolute Gasteiger partial charge is 0.416 e. The third-order valence-corrected chi connectivity index (χ3v) is 6.60. The summed E-state index contributed by atoms with van der Waals surface area (Å²) in [4.78, 5) is 15.6. The standard InChI is InChI=1S/C26H27F3N6O3/c1-15-6-5-9-35(15)25-31-19-10-16(26(27,28)29)7-8-18(19)24(33-25)32-22-13-34(14-30-22)17-11-20(36-2)23(38-4)21(12-17)37-3/h7-8,10-15H,5-6,9H2,1-4H3,(H,31,32,33)/t15-/m1/s1. The molecule has 0 unspecified atom stereocenters. The van der Waals surface area contributed by atoms with Crippen LogP contribution in [0.4, 0.5) is 30.8 Å². The van der Waals surface area contributed by atoms with Crippen molar-refractivity contribution in [2.75, 3.05) is 38.1 Å². The summed E-state index contributed by atoms with van der Waals surface area (Å²) in [5.41, 5.74) is 0.145. The number of halogens is 3. The zero-order valence-electron chi connectivity index (χ0n) is 21.3. The molecular formula is C26H27F3N6O3. The highest BCUT2D eigenvalue weighted by molar-refractivity contribution is 5.92. The molecule has 0 radical (unpaired) electrons. The van der Waals surface area contributed by atoms with Crippen molar-refractivity contribution in [3.63, 3.8) is 0 Å². The number of hydrogen-bond donors (Lipinski definition) is 1. The zero-order valence-corrected chi connectivity index (χ0v) is 21.3. The summed E-state index contributed by atoms with van der Waals surface area (Å²) >= 11 is 0. The Morgan fingerprint density at radius 2 is 1.74 bits per heavy atom. The van der Waals surface area contributed by atoms with Crippen LogP contribution in [-0.2, 0) is 6.18 Å². The van der Waals surface area contributed by atoms with E-state index < -0.39 is 11.7 Å². The van der Waals surface area contributed by atoms with Gasteiger partial charge in [0.1, 0.15) is 18.0 Å². The van der Waals surface area contributed by atoms with Crippen molar-refractivity contribution < 1.29 is 27.4 Å². The van der Waals surface area contributed by atoms with Gasteiger partial charge in [-0.3, -0.25) is 0 Å². The Morgan fingerprint density at radius 1 is 1.00 bits per heavy atom. The number of rotatable bonds is 7. The van der Waals surface area contributed by atoms with Gasteiger partial charge in [-0.2, -0.15) is 18.2 Å². The molecule has 4 aromatic rings. The number of nitrogens with one attached hydrogen (secondary N) is 1. The van der Waals surface area contributed by atoms with Crippen LogP contribution in [0.15, 0.2) is 42.9 Å². The van der Waals surface area contributed by atoms with E-state index in [0.29, 0.717) is 45.9 Å². The molecule has 5 rings (SSSR count). The zero-order chi connectivity index (χ0) is 27.0. The first kappa shape index (κ1) is 25.4. The quantitative estimate of drug-likeness (QED) is 0.332. The molecule has 3 heterocycles. The second-order valence-electron chi connectivity index (χ2n) is 8.96. The molecule has 1 saturated heterocycles. The van der Waals surface area contributed by atoms with Gasteiger partial charge in [0.2, 0.25) is 11.7 Å². The molecule has 12 heteroatoms. The van der Waals surface area contributed by atoms with Crippen LogP contribution < -0.4 is 24.4 Å². The minimum Gasteiger partial charge on any atom is -0.493 e. The lowest BCUT2D eigenvalue weighted by Gasteiger charge is -2.22. The minimum absolute atomic E-state index is 0.186. The average Bonchev–Trinajstić information content (AvgIpc) is 3.55. The fourth-order valence-electron chi connectivity index (χ4n) is 4.61. The van der Waals surface area contributed by atoms with Crippen LogP contribution in [0.1, 0.15) is 25.3 Å². The first-order chi connectivity index (χ1) is 18.2. The molecule has 2 aromatic heterocycles. The van der Waals surface area contributed by atoms with Gasteiger partial charge in [-0.15, -0.1) is 0 Å². The lowest BCUT2D eigenvalue weighted by Crippen LogP contribution is -2.28. The van der Waals surface area contributed by atoms with Crippen molar-refractivity contribution in [3.05, 3.63) is 48.4 Å². The normalized spacial score (nSPS) is 15.7. The van der Waals surface area contributed by atoms with Crippen LogP contribution in [-0.4, -0.2) is 53.4 Å². The van der Waals surface area contributed by atoms with Crippen molar-refractivity contribution in [1.29, 1.82) is 0 Å². The topological polar surface area (TPSA) is 86.6 Å². The number of methoxy groups -OCH3 is 3. The Labute approximate surface area is 217 Å². The number of fused-ring (bicyclic) bond motifs is 1. The van der Waals surface area contributed by atoms with Crippen LogP contribution in [0.25, 0.3) is 16.6 Å². The summed E-state index contributed by atoms with van der Waals surface area (Å²) in [5, 5.41) is 3.63. The van der Waals surface area contributed by atoms with Crippen LogP contribution in [0.5, 0.6) is 17.2 Å². The molecule has 1 fully saturated rings. The van der Waals surface area contributed by atoms with E-state index in [0.717, 1.165) is 31.5 Å². The Kier molecular flexibility index (Phi) is 6.64. The van der Waals surface area contributed by atoms with Crippen molar-refractivity contribution in [2.45, 2.75) is 32.0 Å². The highest BCUT2D eigenvalue weighted by atomic mass is 19.4. The molecule has 1 aliphatic heterocycles. The number of hydrogen-bond acceptors (Lipinski definition) is 8. The summed E-state index contributed by atoms with van der Waals surface area (Å²) in [5.74, 6) is 2.63. The lowest BCUT2D eigenvalue weighted by molar-refractivity contribution is -0.137. The Balaban J connectivity index is 1.54. The van der Waals surface area contributed by atoms with Gasteiger partial charge in [-0.05, 0) is 38.0 Å². The lowest BCUT2D eigenvalue weighted by atomic mass is 10.1. The predicted molar refractivity (Wildman–Crippen MR) is 137 cm³/mol. The van der Waals surface area contributed by atoms with E-state index in [1.807, 2.05) is 4.90 Å². The van der Waals surface area contributed by atoms with Gasteiger partial charge >= 0.3 is 6.18 Å². The molecular weight excluding hydrogens is 501 g/mol. The van der Waals surface area contributed by atoms with Crippen LogP contribution in [0, 0.1) is 0 Å². The van der Waals surface area contributed by atoms with E-state index >= 15 is 0 Å². The molecule has 0 bridgehead atoms. The first-order valence-electron chi connectivity index (χ1n) is 12.0. The number of aromatic nitrogens is 4. The average molecular weight is 529 g/mol. The molecule has 9 nitrogen and oxygen atoms in total. The SMILES string of the molecule is COc1cc(-n2cnc(Nc3nc(N4CCC[C@H]4C)nc4cc(C(F)(F)F)ccc34)c2)cc(OC)c1OC. The molecule has 0 spiro atoms. The number of alkyl halides is 3. The third kappa shape index (κ3) is 4.73. The predicted octanol–water partition coefficient (Wildman–Crippen LogP) is 5.59. The number of benzene rings is 2. The summed E-state index contributed by atoms with van der Waals surface area (Å²) < 4.78 is 58.3. The highest BCUT2D eigenvalue weighted by Gasteiger charge is 2.31. The number of anilines is 3. The van der Waals surface area contributed by atoms with Gasteiger partial charge in [0.25, 0.3) is 0 Å². The summed E-state index contributed by atoms with van der Waals surface area (Å²) in [6.07, 6.45) is 0.778. The van der Waals surface area contributed by atoms with E-state index in [-0.39, 0.29) is 11.6 Å². The van der Waals surface area contributed by atoms with Crippen LogP contribution >= 0.6 is 0 Å². The van der Waals surface area contributed by atoms with E-state index in [1.165, 1.54) is 27.4 Å². The molecule has 0 amide bonds. The number of imidazole rings is 1. The van der Waals surface area contributed by atoms with Gasteiger partial charge in [0, 0.05) is 30.1 Å². The van der Waals surface area contributed by atoms with Gasteiger partial charge < -0.3 is 29.0 Å². The molecule has 1 N–H and O–H groups in total. The molecule has 38 heavy (non-hydrogen) atoms. The largest absolute Gasteiger partial charge is 0.493 e. The maximum absolute atomic E-state index is 13.4. The summed E-state index contributed by atoms with van der Waals surface area (Å²) in [6, 6.07) is 7.21. The molecule has 1 aliphatic rings. The highest BCUT2D eigenvalue weighted by Crippen LogP contribution is 2.40. The molecule has 0 saturated carbocycles. The van der Waals surface area contributed by atoms with Gasteiger partial charge in [0.05, 0.1) is 44.3 Å². The molecule has 0 aliphatic carbocycles. The Morgan fingerprint density at radius 3 is 2.34 bits per heavy atom. The monoisotopic (exact) mass is 528 g/mol. The van der Waals surface area contributed by atoms with E-state index in [4.69, 9.17) is 19.2 Å². The van der Waals surface area contributed by atoms with Crippen LogP contribution in [0.2, 0.25) is 0 Å². The first-order valence-corrected chi connectivity index (χ1v) is 12.0. The van der Waals surface area contributed by atoms with E-state index in [9.17, 15) is 13.2 Å². The van der Waals surface area contributed by atoms with Crippen molar-refractivity contribution in [2.24, 2.45) is 0 Å². The minimum atomic E-state index is -4.48.